The number of hydrogen-bond acceptors (Lipinski definition) is 4. The van der Waals surface area contributed by atoms with Gasteiger partial charge in [0.2, 0.25) is 0 Å². The first kappa shape index (κ1) is 29.8. The third kappa shape index (κ3) is 5.07. The Morgan fingerprint density at radius 2 is 0.917 bits per heavy atom. The number of para-hydroxylation sites is 1. The van der Waals surface area contributed by atoms with Crippen molar-refractivity contribution in [3.63, 3.8) is 0 Å². The average Bonchev–Trinajstić information content (AvgIpc) is 3.52. The lowest BCUT2D eigenvalue weighted by Gasteiger charge is -2.20. The molecule has 2 aromatic heterocycles. The topological polar surface area (TPSA) is 51.8 Å². The van der Waals surface area contributed by atoms with Gasteiger partial charge in [0.25, 0.3) is 0 Å². The van der Waals surface area contributed by atoms with Crippen LogP contribution in [-0.4, -0.2) is 54.2 Å². The molecule has 0 aliphatic heterocycles. The van der Waals surface area contributed by atoms with Gasteiger partial charge in [0.05, 0.1) is 5.56 Å². The third-order valence-electron chi connectivity index (χ3n) is 9.95. The van der Waals surface area contributed by atoms with Crippen LogP contribution >= 0.6 is 0 Å². The van der Waals surface area contributed by atoms with Crippen LogP contribution in [-0.2, 0) is 0 Å². The van der Waals surface area contributed by atoms with Crippen LogP contribution in [0.1, 0.15) is 0 Å². The summed E-state index contributed by atoms with van der Waals surface area (Å²) in [6, 6.07) is 41.7. The van der Waals surface area contributed by atoms with Gasteiger partial charge in [-0.1, -0.05) is 114 Å². The molecule has 0 amide bonds. The maximum absolute atomic E-state index is 6.65. The van der Waals surface area contributed by atoms with Crippen LogP contribution in [0.3, 0.4) is 0 Å². The van der Waals surface area contributed by atoms with Crippen molar-refractivity contribution in [3.8, 4) is 56.4 Å². The Morgan fingerprint density at radius 3 is 1.52 bits per heavy atom. The Morgan fingerprint density at radius 1 is 0.396 bits per heavy atom. The Kier molecular flexibility index (Phi) is 7.41. The molecule has 8 rings (SSSR count). The van der Waals surface area contributed by atoms with E-state index < -0.39 is 0 Å². The minimum absolute atomic E-state index is 0.579. The molecule has 8 aromatic rings. The molecular formula is C39H30B5N3O. The maximum atomic E-state index is 6.65. The largest absolute Gasteiger partial charge is 0.455 e. The molecule has 0 N–H and O–H groups in total. The minimum Gasteiger partial charge on any atom is -0.455 e. The van der Waals surface area contributed by atoms with Crippen LogP contribution in [0.2, 0.25) is 0 Å². The first-order chi connectivity index (χ1) is 23.4. The molecule has 9 heteroatoms. The molecule has 0 unspecified atom stereocenters. The van der Waals surface area contributed by atoms with E-state index in [1.807, 2.05) is 72.8 Å². The summed E-state index contributed by atoms with van der Waals surface area (Å²) < 4.78 is 6.65. The van der Waals surface area contributed by atoms with Crippen molar-refractivity contribution in [2.24, 2.45) is 0 Å². The highest BCUT2D eigenvalue weighted by Gasteiger charge is 2.18. The zero-order valence-corrected chi connectivity index (χ0v) is 27.8. The zero-order chi connectivity index (χ0) is 32.9. The average molecular weight is 611 g/mol. The molecule has 6 aromatic carbocycles. The molecule has 48 heavy (non-hydrogen) atoms. The predicted molar refractivity (Wildman–Crippen MR) is 215 cm³/mol. The van der Waals surface area contributed by atoms with Crippen LogP contribution in [0.25, 0.3) is 78.4 Å². The molecule has 0 bridgehead atoms. The van der Waals surface area contributed by atoms with E-state index in [1.165, 1.54) is 38.4 Å². The first-order valence-electron chi connectivity index (χ1n) is 16.4. The van der Waals surface area contributed by atoms with Crippen molar-refractivity contribution in [1.29, 1.82) is 0 Å². The first-order valence-corrected chi connectivity index (χ1v) is 16.4. The molecule has 0 aliphatic carbocycles. The molecule has 0 aliphatic rings. The molecule has 4 nitrogen and oxygen atoms in total. The lowest BCUT2D eigenvalue weighted by molar-refractivity contribution is 0.669. The summed E-state index contributed by atoms with van der Waals surface area (Å²) in [5.41, 5.74) is 16.0. The molecule has 2 heterocycles. The molecule has 0 saturated heterocycles. The van der Waals surface area contributed by atoms with Crippen molar-refractivity contribution in [2.45, 2.75) is 0 Å². The van der Waals surface area contributed by atoms with Crippen LogP contribution in [0.4, 0.5) is 0 Å². The Bertz CT molecular complexity index is 2410. The van der Waals surface area contributed by atoms with E-state index in [1.54, 1.807) is 0 Å². The number of fused-ring (bicyclic) bond motifs is 3. The van der Waals surface area contributed by atoms with Crippen LogP contribution in [0.5, 0.6) is 0 Å². The number of aromatic nitrogens is 3. The fourth-order valence-electron chi connectivity index (χ4n) is 6.85. The quantitative estimate of drug-likeness (QED) is 0.277. The number of nitrogens with zero attached hydrogens (tertiary/aromatic N) is 3. The monoisotopic (exact) mass is 611 g/mol. The summed E-state index contributed by atoms with van der Waals surface area (Å²) in [6.07, 6.45) is 0. The Hall–Kier alpha value is -5.55. The van der Waals surface area contributed by atoms with E-state index in [4.69, 9.17) is 19.4 Å². The van der Waals surface area contributed by atoms with Crippen molar-refractivity contribution < 1.29 is 4.42 Å². The third-order valence-corrected chi connectivity index (χ3v) is 9.95. The van der Waals surface area contributed by atoms with Gasteiger partial charge in [0.1, 0.15) is 50.4 Å². The van der Waals surface area contributed by atoms with Crippen molar-refractivity contribution >= 4 is 88.5 Å². The van der Waals surface area contributed by atoms with Gasteiger partial charge in [0.15, 0.2) is 17.5 Å². The fraction of sp³-hybridized carbons (Fsp3) is 0. The van der Waals surface area contributed by atoms with Gasteiger partial charge in [-0.15, -0.1) is 16.4 Å². The lowest BCUT2D eigenvalue weighted by atomic mass is 9.59. The van der Waals surface area contributed by atoms with E-state index in [0.29, 0.717) is 17.5 Å². The van der Waals surface area contributed by atoms with Gasteiger partial charge in [0, 0.05) is 21.9 Å². The maximum Gasteiger partial charge on any atom is 0.167 e. The van der Waals surface area contributed by atoms with Crippen LogP contribution in [0, 0.1) is 0 Å². The standard InChI is InChI=1S/C39H30B5N3O/c40-31-30(32(41)34(43)35(44)33(31)42)22-16-14-21(15-17-22)25-18-19-26-27-12-7-13-28(36(27)48-29(26)20-25)39-46-37(23-8-3-1-4-9-23)45-38(47-39)24-10-5-2-6-11-24/h1-20H,40-44H2. The smallest absolute Gasteiger partial charge is 0.167 e. The highest BCUT2D eigenvalue weighted by molar-refractivity contribution is 6.68. The van der Waals surface area contributed by atoms with Gasteiger partial charge in [-0.3, -0.25) is 0 Å². The Labute approximate surface area is 284 Å². The number of furan rings is 1. The molecule has 0 saturated carbocycles. The molecule has 0 spiro atoms. The van der Waals surface area contributed by atoms with Gasteiger partial charge in [-0.25, -0.2) is 15.0 Å². The summed E-state index contributed by atoms with van der Waals surface area (Å²) in [6.45, 7) is 0. The van der Waals surface area contributed by atoms with E-state index in [-0.39, 0.29) is 0 Å². The van der Waals surface area contributed by atoms with E-state index >= 15 is 0 Å². The second kappa shape index (κ2) is 11.9. The van der Waals surface area contributed by atoms with Crippen LogP contribution < -0.4 is 27.3 Å². The molecule has 0 atom stereocenters. The lowest BCUT2D eigenvalue weighted by Crippen LogP contribution is -2.55. The SMILES string of the molecule is Bc1c(B)c(B)c(-c2ccc(-c3ccc4c(c3)oc3c(-c5nc(-c6ccccc6)nc(-c6ccccc6)n5)cccc34)cc2)c(B)c1B. The van der Waals surface area contributed by atoms with Crippen molar-refractivity contribution in [3.05, 3.63) is 121 Å². The summed E-state index contributed by atoms with van der Waals surface area (Å²) in [5.74, 6) is 1.83. The van der Waals surface area contributed by atoms with Gasteiger partial charge in [-0.05, 0) is 40.5 Å². The zero-order valence-electron chi connectivity index (χ0n) is 27.8. The minimum atomic E-state index is 0.579. The second-order valence-corrected chi connectivity index (χ2v) is 12.6. The molecule has 0 radical (unpaired) electrons. The van der Waals surface area contributed by atoms with E-state index in [2.05, 4.69) is 87.8 Å². The van der Waals surface area contributed by atoms with Crippen molar-refractivity contribution in [1.82, 2.24) is 15.0 Å². The summed E-state index contributed by atoms with van der Waals surface area (Å²) in [5, 5.41) is 2.09. The van der Waals surface area contributed by atoms with Crippen molar-refractivity contribution in [2.75, 3.05) is 0 Å². The summed E-state index contributed by atoms with van der Waals surface area (Å²) in [7, 11) is 11.2. The van der Waals surface area contributed by atoms with E-state index in [9.17, 15) is 0 Å². The van der Waals surface area contributed by atoms with Crippen LogP contribution in [0.15, 0.2) is 126 Å². The fourth-order valence-corrected chi connectivity index (χ4v) is 6.85. The van der Waals surface area contributed by atoms with Gasteiger partial charge < -0.3 is 4.42 Å². The number of rotatable bonds is 5. The van der Waals surface area contributed by atoms with Gasteiger partial charge in [-0.2, -0.15) is 0 Å². The highest BCUT2D eigenvalue weighted by Crippen LogP contribution is 2.37. The molecular weight excluding hydrogens is 581 g/mol. The molecule has 0 fully saturated rings. The van der Waals surface area contributed by atoms with E-state index in [0.717, 1.165) is 49.8 Å². The second-order valence-electron chi connectivity index (χ2n) is 12.6. The normalized spacial score (nSPS) is 11.3. The molecule has 222 valence electrons. The summed E-state index contributed by atoms with van der Waals surface area (Å²) in [4.78, 5) is 14.8. The predicted octanol–water partition coefficient (Wildman–Crippen LogP) is 1.40. The summed E-state index contributed by atoms with van der Waals surface area (Å²) >= 11 is 0. The highest BCUT2D eigenvalue weighted by atomic mass is 16.3. The number of hydrogen-bond donors (Lipinski definition) is 0. The van der Waals surface area contributed by atoms with Gasteiger partial charge >= 0.3 is 0 Å². The number of benzene rings is 6. The Balaban J connectivity index is 1.22.